The number of hydrogen-bond donors (Lipinski definition) is 1. The van der Waals surface area contributed by atoms with Gasteiger partial charge in [0.25, 0.3) is 17.3 Å². The van der Waals surface area contributed by atoms with Crippen molar-refractivity contribution in [2.45, 2.75) is 30.3 Å². The molecule has 5 rings (SSSR count). The van der Waals surface area contributed by atoms with Crippen LogP contribution in [0.1, 0.15) is 38.9 Å². The van der Waals surface area contributed by atoms with Gasteiger partial charge in [0.05, 0.1) is 15.9 Å². The van der Waals surface area contributed by atoms with E-state index >= 15 is 0 Å². The molecule has 12 heteroatoms. The summed E-state index contributed by atoms with van der Waals surface area (Å²) in [5.74, 6) is 0.591. The van der Waals surface area contributed by atoms with Gasteiger partial charge in [-0.3, -0.25) is 29.6 Å². The van der Waals surface area contributed by atoms with Gasteiger partial charge in [-0.25, -0.2) is 0 Å². The summed E-state index contributed by atoms with van der Waals surface area (Å²) in [7, 11) is 0. The molecule has 0 fully saturated rings. The van der Waals surface area contributed by atoms with Gasteiger partial charge in [0, 0.05) is 41.3 Å². The van der Waals surface area contributed by atoms with Crippen molar-refractivity contribution in [1.82, 2.24) is 20.1 Å². The van der Waals surface area contributed by atoms with E-state index in [2.05, 4.69) is 21.6 Å². The molecule has 0 aliphatic carbocycles. The summed E-state index contributed by atoms with van der Waals surface area (Å²) in [5, 5.41) is 35.0. The van der Waals surface area contributed by atoms with E-state index in [1.54, 1.807) is 16.7 Å². The molecule has 1 unspecified atom stereocenters. The van der Waals surface area contributed by atoms with Crippen molar-refractivity contribution < 1.29 is 14.6 Å². The maximum Gasteiger partial charge on any atom is 0.269 e. The van der Waals surface area contributed by atoms with E-state index in [0.29, 0.717) is 28.8 Å². The van der Waals surface area contributed by atoms with Crippen LogP contribution in [0, 0.1) is 27.2 Å². The molecule has 1 atom stereocenters. The SMILES string of the molecule is Cc1cccc(CSc2nnc(C(Cc3ccccc3)NC(=O)c3ccc([N+](=O)[O-])cc3)n2-c2ccc([N+](=O)[O-])cc2)c1. The Morgan fingerprint density at radius 2 is 1.47 bits per heavy atom. The molecule has 0 saturated carbocycles. The zero-order valence-corrected chi connectivity index (χ0v) is 23.8. The maximum atomic E-state index is 13.4. The number of non-ortho nitro benzene ring substituents is 2. The van der Waals surface area contributed by atoms with E-state index in [9.17, 15) is 25.0 Å². The second kappa shape index (κ2) is 13.1. The summed E-state index contributed by atoms with van der Waals surface area (Å²) in [6.07, 6.45) is 0.368. The van der Waals surface area contributed by atoms with Gasteiger partial charge in [-0.1, -0.05) is 71.9 Å². The van der Waals surface area contributed by atoms with Crippen LogP contribution in [0.5, 0.6) is 0 Å². The van der Waals surface area contributed by atoms with Gasteiger partial charge < -0.3 is 5.32 Å². The molecule has 0 aliphatic rings. The monoisotopic (exact) mass is 594 g/mol. The van der Waals surface area contributed by atoms with Crippen molar-refractivity contribution in [1.29, 1.82) is 0 Å². The van der Waals surface area contributed by atoms with Gasteiger partial charge in [-0.15, -0.1) is 10.2 Å². The Balaban J connectivity index is 1.54. The third kappa shape index (κ3) is 7.11. The minimum atomic E-state index is -0.666. The number of carbonyl (C=O) groups excluding carboxylic acids is 1. The third-order valence-corrected chi connectivity index (χ3v) is 7.67. The average Bonchev–Trinajstić information content (AvgIpc) is 3.44. The average molecular weight is 595 g/mol. The number of nitrogens with one attached hydrogen (secondary N) is 1. The summed E-state index contributed by atoms with van der Waals surface area (Å²) >= 11 is 1.46. The van der Waals surface area contributed by atoms with Crippen molar-refractivity contribution in [3.63, 3.8) is 0 Å². The number of carbonyl (C=O) groups is 1. The minimum Gasteiger partial charge on any atom is -0.342 e. The lowest BCUT2D eigenvalue weighted by atomic mass is 10.0. The zero-order valence-electron chi connectivity index (χ0n) is 23.0. The molecule has 43 heavy (non-hydrogen) atoms. The Kier molecular flexibility index (Phi) is 8.87. The number of nitro benzene ring substituents is 2. The third-order valence-electron chi connectivity index (χ3n) is 6.67. The van der Waals surface area contributed by atoms with Crippen LogP contribution < -0.4 is 5.32 Å². The smallest absolute Gasteiger partial charge is 0.269 e. The lowest BCUT2D eigenvalue weighted by Gasteiger charge is -2.20. The summed E-state index contributed by atoms with van der Waals surface area (Å²) in [4.78, 5) is 34.8. The fraction of sp³-hybridized carbons (Fsp3) is 0.129. The molecule has 1 amide bonds. The van der Waals surface area contributed by atoms with Gasteiger partial charge in [0.1, 0.15) is 0 Å². The van der Waals surface area contributed by atoms with Crippen molar-refractivity contribution in [3.05, 3.63) is 151 Å². The Hall–Kier alpha value is -5.36. The van der Waals surface area contributed by atoms with E-state index < -0.39 is 21.8 Å². The van der Waals surface area contributed by atoms with Crippen molar-refractivity contribution in [2.75, 3.05) is 0 Å². The Morgan fingerprint density at radius 1 is 0.837 bits per heavy atom. The van der Waals surface area contributed by atoms with Crippen LogP contribution in [0.25, 0.3) is 5.69 Å². The number of aryl methyl sites for hydroxylation is 1. The fourth-order valence-electron chi connectivity index (χ4n) is 4.55. The maximum absolute atomic E-state index is 13.4. The van der Waals surface area contributed by atoms with Crippen LogP contribution in [0.2, 0.25) is 0 Å². The van der Waals surface area contributed by atoms with Crippen LogP contribution in [0.15, 0.2) is 108 Å². The highest BCUT2D eigenvalue weighted by Gasteiger charge is 2.26. The molecule has 0 spiro atoms. The predicted octanol–water partition coefficient (Wildman–Crippen LogP) is 6.40. The number of thioether (sulfide) groups is 1. The zero-order chi connectivity index (χ0) is 30.3. The first-order valence-electron chi connectivity index (χ1n) is 13.3. The summed E-state index contributed by atoms with van der Waals surface area (Å²) < 4.78 is 1.80. The van der Waals surface area contributed by atoms with E-state index in [4.69, 9.17) is 0 Å². The van der Waals surface area contributed by atoms with Crippen molar-refractivity contribution >= 4 is 29.0 Å². The standard InChI is InChI=1S/C31H26N6O5S/c1-21-6-5-9-23(18-21)20-43-31-34-33-29(35(31)25-14-16-27(17-15-25)37(41)42)28(19-22-7-3-2-4-8-22)32-30(38)24-10-12-26(13-11-24)36(39)40/h2-18,28H,19-20H2,1H3,(H,32,38). The highest BCUT2D eigenvalue weighted by molar-refractivity contribution is 7.98. The quantitative estimate of drug-likeness (QED) is 0.105. The fourth-order valence-corrected chi connectivity index (χ4v) is 5.45. The molecule has 1 aromatic heterocycles. The molecule has 1 heterocycles. The number of nitrogens with zero attached hydrogens (tertiary/aromatic N) is 5. The van der Waals surface area contributed by atoms with Gasteiger partial charge in [0.15, 0.2) is 11.0 Å². The van der Waals surface area contributed by atoms with Crippen molar-refractivity contribution in [3.8, 4) is 5.69 Å². The van der Waals surface area contributed by atoms with Gasteiger partial charge in [0.2, 0.25) is 0 Å². The van der Waals surface area contributed by atoms with E-state index in [1.807, 2.05) is 55.5 Å². The summed E-state index contributed by atoms with van der Waals surface area (Å²) in [5.41, 5.74) is 3.83. The summed E-state index contributed by atoms with van der Waals surface area (Å²) in [6, 6.07) is 28.4. The van der Waals surface area contributed by atoms with Gasteiger partial charge >= 0.3 is 0 Å². The summed E-state index contributed by atoms with van der Waals surface area (Å²) in [6.45, 7) is 2.02. The van der Waals surface area contributed by atoms with Crippen LogP contribution in [0.3, 0.4) is 0 Å². The number of aromatic nitrogens is 3. The van der Waals surface area contributed by atoms with E-state index in [0.717, 1.165) is 16.7 Å². The Labute approximate surface area is 250 Å². The second-order valence-corrected chi connectivity index (χ2v) is 10.7. The molecular weight excluding hydrogens is 568 g/mol. The molecule has 4 aromatic carbocycles. The van der Waals surface area contributed by atoms with E-state index in [-0.39, 0.29) is 16.9 Å². The van der Waals surface area contributed by atoms with Gasteiger partial charge in [-0.05, 0) is 48.7 Å². The van der Waals surface area contributed by atoms with Crippen LogP contribution >= 0.6 is 11.8 Å². The topological polar surface area (TPSA) is 146 Å². The van der Waals surface area contributed by atoms with Crippen LogP contribution in [0.4, 0.5) is 11.4 Å². The van der Waals surface area contributed by atoms with Gasteiger partial charge in [-0.2, -0.15) is 0 Å². The second-order valence-electron chi connectivity index (χ2n) is 9.75. The molecule has 216 valence electrons. The largest absolute Gasteiger partial charge is 0.342 e. The minimum absolute atomic E-state index is 0.0559. The first-order chi connectivity index (χ1) is 20.8. The van der Waals surface area contributed by atoms with Crippen molar-refractivity contribution in [2.24, 2.45) is 0 Å². The lowest BCUT2D eigenvalue weighted by molar-refractivity contribution is -0.385. The molecular formula is C31H26N6O5S. The first-order valence-corrected chi connectivity index (χ1v) is 14.2. The van der Waals surface area contributed by atoms with E-state index in [1.165, 1.54) is 48.2 Å². The Morgan fingerprint density at radius 3 is 2.09 bits per heavy atom. The predicted molar refractivity (Wildman–Crippen MR) is 162 cm³/mol. The Bertz CT molecular complexity index is 1760. The molecule has 0 bridgehead atoms. The molecule has 0 aliphatic heterocycles. The number of rotatable bonds is 11. The number of amides is 1. The highest BCUT2D eigenvalue weighted by Crippen LogP contribution is 2.30. The molecule has 1 N–H and O–H groups in total. The molecule has 0 saturated heterocycles. The van der Waals surface area contributed by atoms with Crippen LogP contribution in [-0.2, 0) is 12.2 Å². The lowest BCUT2D eigenvalue weighted by Crippen LogP contribution is -2.32. The molecule has 11 nitrogen and oxygen atoms in total. The molecule has 0 radical (unpaired) electrons. The number of nitro groups is 2. The number of benzene rings is 4. The normalized spacial score (nSPS) is 11.6. The van der Waals surface area contributed by atoms with Crippen LogP contribution in [-0.4, -0.2) is 30.5 Å². The first kappa shape index (κ1) is 29.1. The molecule has 5 aromatic rings. The highest BCUT2D eigenvalue weighted by atomic mass is 32.2. The number of hydrogen-bond acceptors (Lipinski definition) is 8.